The van der Waals surface area contributed by atoms with Crippen molar-refractivity contribution in [2.45, 2.75) is 25.7 Å². The van der Waals surface area contributed by atoms with Crippen molar-refractivity contribution < 1.29 is 4.74 Å². The lowest BCUT2D eigenvalue weighted by molar-refractivity contribution is 0.308. The molecule has 0 saturated carbocycles. The first-order chi connectivity index (χ1) is 7.40. The lowest BCUT2D eigenvalue weighted by Gasteiger charge is -2.07. The molecule has 0 heterocycles. The predicted molar refractivity (Wildman–Crippen MR) is 60.8 cm³/mol. The molecule has 1 aromatic carbocycles. The van der Waals surface area contributed by atoms with Crippen LogP contribution in [0.5, 0.6) is 5.75 Å². The normalized spacial score (nSPS) is 13.9. The Morgan fingerprint density at radius 3 is 3.00 bits per heavy atom. The van der Waals surface area contributed by atoms with Gasteiger partial charge in [0.15, 0.2) is 0 Å². The van der Waals surface area contributed by atoms with Crippen LogP contribution in [-0.4, -0.2) is 13.2 Å². The van der Waals surface area contributed by atoms with Gasteiger partial charge in [-0.2, -0.15) is 0 Å². The van der Waals surface area contributed by atoms with Crippen molar-refractivity contribution in [2.24, 2.45) is 5.84 Å². The SMILES string of the molecule is NNCCCOc1ccc2c(c1)CCC2. The molecule has 0 radical (unpaired) electrons. The first kappa shape index (κ1) is 10.5. The Kier molecular flexibility index (Phi) is 3.59. The molecule has 1 aliphatic rings. The van der Waals surface area contributed by atoms with E-state index in [9.17, 15) is 0 Å². The molecular weight excluding hydrogens is 188 g/mol. The van der Waals surface area contributed by atoms with Gasteiger partial charge >= 0.3 is 0 Å². The van der Waals surface area contributed by atoms with E-state index in [0.29, 0.717) is 0 Å². The molecule has 3 N–H and O–H groups in total. The standard InChI is InChI=1S/C12H18N2O/c13-14-7-2-8-15-12-6-5-10-3-1-4-11(10)9-12/h5-6,9,14H,1-4,7-8,13H2. The second-order valence-corrected chi connectivity index (χ2v) is 3.94. The third-order valence-electron chi connectivity index (χ3n) is 2.80. The van der Waals surface area contributed by atoms with Gasteiger partial charge in [-0.15, -0.1) is 0 Å². The maximum atomic E-state index is 5.64. The molecule has 0 saturated heterocycles. The average Bonchev–Trinajstić information content (AvgIpc) is 2.71. The zero-order chi connectivity index (χ0) is 10.5. The number of benzene rings is 1. The molecule has 0 atom stereocenters. The summed E-state index contributed by atoms with van der Waals surface area (Å²) in [6.45, 7) is 1.52. The highest BCUT2D eigenvalue weighted by atomic mass is 16.5. The van der Waals surface area contributed by atoms with Crippen molar-refractivity contribution >= 4 is 0 Å². The number of hydrogen-bond acceptors (Lipinski definition) is 3. The molecule has 3 heteroatoms. The molecule has 1 aliphatic carbocycles. The molecule has 0 aliphatic heterocycles. The van der Waals surface area contributed by atoms with Gasteiger partial charge in [0.1, 0.15) is 5.75 Å². The van der Waals surface area contributed by atoms with Crippen molar-refractivity contribution in [1.29, 1.82) is 0 Å². The molecule has 0 unspecified atom stereocenters. The first-order valence-electron chi connectivity index (χ1n) is 5.58. The Hall–Kier alpha value is -1.06. The lowest BCUT2D eigenvalue weighted by atomic mass is 10.1. The van der Waals surface area contributed by atoms with Crippen LogP contribution in [0, 0.1) is 0 Å². The van der Waals surface area contributed by atoms with Crippen molar-refractivity contribution in [3.05, 3.63) is 29.3 Å². The number of nitrogens with one attached hydrogen (secondary N) is 1. The maximum absolute atomic E-state index is 5.64. The number of hydrazine groups is 1. The average molecular weight is 206 g/mol. The van der Waals surface area contributed by atoms with E-state index in [1.807, 2.05) is 0 Å². The highest BCUT2D eigenvalue weighted by Crippen LogP contribution is 2.25. The van der Waals surface area contributed by atoms with E-state index in [2.05, 4.69) is 23.6 Å². The lowest BCUT2D eigenvalue weighted by Crippen LogP contribution is -2.24. The summed E-state index contributed by atoms with van der Waals surface area (Å²) >= 11 is 0. The van der Waals surface area contributed by atoms with Crippen LogP contribution in [0.1, 0.15) is 24.0 Å². The van der Waals surface area contributed by atoms with Crippen LogP contribution in [-0.2, 0) is 12.8 Å². The Labute approximate surface area is 90.6 Å². The Morgan fingerprint density at radius 2 is 2.13 bits per heavy atom. The van der Waals surface area contributed by atoms with Gasteiger partial charge in [0.2, 0.25) is 0 Å². The van der Waals surface area contributed by atoms with Crippen LogP contribution in [0.4, 0.5) is 0 Å². The van der Waals surface area contributed by atoms with Crippen molar-refractivity contribution in [3.8, 4) is 5.75 Å². The van der Waals surface area contributed by atoms with E-state index in [-0.39, 0.29) is 0 Å². The van der Waals surface area contributed by atoms with Crippen molar-refractivity contribution in [2.75, 3.05) is 13.2 Å². The van der Waals surface area contributed by atoms with Crippen molar-refractivity contribution in [3.63, 3.8) is 0 Å². The van der Waals surface area contributed by atoms with Gasteiger partial charge in [0, 0.05) is 6.54 Å². The van der Waals surface area contributed by atoms with Gasteiger partial charge in [0.25, 0.3) is 0 Å². The fourth-order valence-electron chi connectivity index (χ4n) is 2.00. The molecule has 0 bridgehead atoms. The predicted octanol–water partition coefficient (Wildman–Crippen LogP) is 1.41. The molecular formula is C12H18N2O. The first-order valence-corrected chi connectivity index (χ1v) is 5.58. The third-order valence-corrected chi connectivity index (χ3v) is 2.80. The van der Waals surface area contributed by atoms with Crippen LogP contribution in [0.15, 0.2) is 18.2 Å². The van der Waals surface area contributed by atoms with Gasteiger partial charge in [-0.05, 0) is 48.9 Å². The van der Waals surface area contributed by atoms with E-state index in [4.69, 9.17) is 10.6 Å². The van der Waals surface area contributed by atoms with Gasteiger partial charge < -0.3 is 4.74 Å². The summed E-state index contributed by atoms with van der Waals surface area (Å²) < 4.78 is 5.64. The highest BCUT2D eigenvalue weighted by Gasteiger charge is 2.10. The number of ether oxygens (including phenoxy) is 1. The van der Waals surface area contributed by atoms with Crippen LogP contribution in [0.25, 0.3) is 0 Å². The number of hydrogen-bond donors (Lipinski definition) is 2. The molecule has 82 valence electrons. The van der Waals surface area contributed by atoms with E-state index < -0.39 is 0 Å². The molecule has 3 nitrogen and oxygen atoms in total. The van der Waals surface area contributed by atoms with Crippen LogP contribution in [0.3, 0.4) is 0 Å². The molecule has 0 fully saturated rings. The molecule has 15 heavy (non-hydrogen) atoms. The molecule has 0 spiro atoms. The van der Waals surface area contributed by atoms with Gasteiger partial charge in [-0.3, -0.25) is 11.3 Å². The number of nitrogens with two attached hydrogens (primary N) is 1. The number of aryl methyl sites for hydroxylation is 2. The van der Waals surface area contributed by atoms with Gasteiger partial charge in [0.05, 0.1) is 6.61 Å². The summed E-state index contributed by atoms with van der Waals surface area (Å²) in [5.74, 6) is 6.17. The molecule has 1 aromatic rings. The Bertz CT molecular complexity index is 325. The fourth-order valence-corrected chi connectivity index (χ4v) is 2.00. The van der Waals surface area contributed by atoms with E-state index in [0.717, 1.165) is 25.3 Å². The summed E-state index contributed by atoms with van der Waals surface area (Å²) in [6.07, 6.45) is 4.66. The van der Waals surface area contributed by atoms with E-state index in [1.54, 1.807) is 0 Å². The summed E-state index contributed by atoms with van der Waals surface area (Å²) in [7, 11) is 0. The monoisotopic (exact) mass is 206 g/mol. The summed E-state index contributed by atoms with van der Waals surface area (Å²) in [5, 5.41) is 0. The molecule has 0 aromatic heterocycles. The fraction of sp³-hybridized carbons (Fsp3) is 0.500. The van der Waals surface area contributed by atoms with E-state index >= 15 is 0 Å². The molecule has 2 rings (SSSR count). The Balaban J connectivity index is 1.87. The topological polar surface area (TPSA) is 47.3 Å². The summed E-state index contributed by atoms with van der Waals surface area (Å²) in [6, 6.07) is 6.44. The van der Waals surface area contributed by atoms with Crippen LogP contribution >= 0.6 is 0 Å². The summed E-state index contributed by atoms with van der Waals surface area (Å²) in [4.78, 5) is 0. The highest BCUT2D eigenvalue weighted by molar-refractivity contribution is 5.38. The minimum atomic E-state index is 0.725. The largest absolute Gasteiger partial charge is 0.494 e. The summed E-state index contributed by atoms with van der Waals surface area (Å²) in [5.41, 5.74) is 5.57. The zero-order valence-electron chi connectivity index (χ0n) is 8.96. The quantitative estimate of drug-likeness (QED) is 0.435. The smallest absolute Gasteiger partial charge is 0.119 e. The minimum absolute atomic E-state index is 0.725. The van der Waals surface area contributed by atoms with Crippen molar-refractivity contribution in [1.82, 2.24) is 5.43 Å². The number of fused-ring (bicyclic) bond motifs is 1. The number of rotatable bonds is 5. The third kappa shape index (κ3) is 2.70. The minimum Gasteiger partial charge on any atom is -0.494 e. The van der Waals surface area contributed by atoms with Crippen LogP contribution < -0.4 is 16.0 Å². The van der Waals surface area contributed by atoms with E-state index in [1.165, 1.54) is 30.4 Å². The van der Waals surface area contributed by atoms with Gasteiger partial charge in [-0.1, -0.05) is 6.07 Å². The van der Waals surface area contributed by atoms with Gasteiger partial charge in [-0.25, -0.2) is 0 Å². The second kappa shape index (κ2) is 5.14. The Morgan fingerprint density at radius 1 is 1.27 bits per heavy atom. The van der Waals surface area contributed by atoms with Crippen LogP contribution in [0.2, 0.25) is 0 Å². The maximum Gasteiger partial charge on any atom is 0.119 e. The zero-order valence-corrected chi connectivity index (χ0v) is 8.96. The second-order valence-electron chi connectivity index (χ2n) is 3.94. The molecule has 0 amide bonds.